The van der Waals surface area contributed by atoms with Crippen LogP contribution < -0.4 is 0 Å². The third kappa shape index (κ3) is 2.13. The van der Waals surface area contributed by atoms with E-state index in [-0.39, 0.29) is 0 Å². The molecule has 0 aromatic carbocycles. The summed E-state index contributed by atoms with van der Waals surface area (Å²) in [5.41, 5.74) is 3.36. The molecule has 0 unspecified atom stereocenters. The zero-order chi connectivity index (χ0) is 10.5. The van der Waals surface area contributed by atoms with Gasteiger partial charge in [0.1, 0.15) is 6.29 Å². The summed E-state index contributed by atoms with van der Waals surface area (Å²) in [6.07, 6.45) is 19.5. The smallest absolute Gasteiger partial charge is 0.124 e. The Morgan fingerprint density at radius 1 is 0.933 bits per heavy atom. The summed E-state index contributed by atoms with van der Waals surface area (Å²) in [6.45, 7) is 0. The van der Waals surface area contributed by atoms with Gasteiger partial charge in [-0.25, -0.2) is 0 Å². The minimum absolute atomic E-state index is 0.467. The van der Waals surface area contributed by atoms with Crippen molar-refractivity contribution >= 4 is 6.29 Å². The fraction of sp³-hybridized carbons (Fsp3) is 0.0714. The van der Waals surface area contributed by atoms with Crippen LogP contribution in [-0.2, 0) is 4.79 Å². The Kier molecular flexibility index (Phi) is 2.93. The quantitative estimate of drug-likeness (QED) is 0.620. The van der Waals surface area contributed by atoms with E-state index >= 15 is 0 Å². The summed E-state index contributed by atoms with van der Waals surface area (Å²) in [7, 11) is 0. The van der Waals surface area contributed by atoms with E-state index in [4.69, 9.17) is 0 Å². The number of fused-ring (bicyclic) bond motifs is 1. The van der Waals surface area contributed by atoms with Gasteiger partial charge in [0.2, 0.25) is 0 Å². The molecule has 0 radical (unpaired) electrons. The van der Waals surface area contributed by atoms with Crippen LogP contribution in [0.15, 0.2) is 71.4 Å². The zero-order valence-electron chi connectivity index (χ0n) is 8.39. The molecule has 0 atom stereocenters. The molecule has 0 aliphatic heterocycles. The first-order valence-corrected chi connectivity index (χ1v) is 4.99. The van der Waals surface area contributed by atoms with Crippen LogP contribution >= 0.6 is 0 Å². The molecule has 1 nitrogen and oxygen atoms in total. The fourth-order valence-corrected chi connectivity index (χ4v) is 1.69. The highest BCUT2D eigenvalue weighted by molar-refractivity contribution is 5.64. The van der Waals surface area contributed by atoms with Crippen molar-refractivity contribution in [1.29, 1.82) is 0 Å². The first-order valence-electron chi connectivity index (χ1n) is 4.99. The van der Waals surface area contributed by atoms with Crippen molar-refractivity contribution in [1.82, 2.24) is 0 Å². The molecular formula is C14H12O. The Morgan fingerprint density at radius 3 is 2.60 bits per heavy atom. The van der Waals surface area contributed by atoms with Gasteiger partial charge in [0.05, 0.1) is 0 Å². The lowest BCUT2D eigenvalue weighted by atomic mass is 9.99. The predicted molar refractivity (Wildman–Crippen MR) is 62.4 cm³/mol. The van der Waals surface area contributed by atoms with Crippen molar-refractivity contribution < 1.29 is 4.79 Å². The maximum Gasteiger partial charge on any atom is 0.124 e. The van der Waals surface area contributed by atoms with E-state index in [2.05, 4.69) is 12.2 Å². The third-order valence-electron chi connectivity index (χ3n) is 2.41. The molecule has 0 aromatic rings. The molecule has 0 amide bonds. The predicted octanol–water partition coefficient (Wildman–Crippen LogP) is 3.05. The van der Waals surface area contributed by atoms with Gasteiger partial charge < -0.3 is 4.79 Å². The molecule has 2 aliphatic rings. The Labute approximate surface area is 89.5 Å². The van der Waals surface area contributed by atoms with Crippen molar-refractivity contribution in [2.24, 2.45) is 0 Å². The van der Waals surface area contributed by atoms with Gasteiger partial charge in [0, 0.05) is 6.42 Å². The second-order valence-electron chi connectivity index (χ2n) is 3.39. The molecule has 0 spiro atoms. The highest BCUT2D eigenvalue weighted by Crippen LogP contribution is 2.24. The number of hydrogen-bond acceptors (Lipinski definition) is 1. The van der Waals surface area contributed by atoms with Gasteiger partial charge in [-0.1, -0.05) is 54.7 Å². The first-order chi connectivity index (χ1) is 7.42. The number of aldehydes is 1. The van der Waals surface area contributed by atoms with E-state index in [0.717, 1.165) is 23.0 Å². The molecule has 74 valence electrons. The standard InChI is InChI=1S/C14H12O/c15-11-10-13-8-5-4-7-12-6-2-1-3-9-14(12)13/h1-9,11H,10H2. The second kappa shape index (κ2) is 4.56. The highest BCUT2D eigenvalue weighted by atomic mass is 16.1. The van der Waals surface area contributed by atoms with Gasteiger partial charge in [0.15, 0.2) is 0 Å². The molecule has 0 N–H and O–H groups in total. The zero-order valence-corrected chi connectivity index (χ0v) is 8.39. The van der Waals surface area contributed by atoms with Crippen molar-refractivity contribution in [3.05, 3.63) is 71.4 Å². The highest BCUT2D eigenvalue weighted by Gasteiger charge is 2.07. The van der Waals surface area contributed by atoms with Crippen LogP contribution in [0.4, 0.5) is 0 Å². The maximum absolute atomic E-state index is 10.6. The Bertz CT molecular complexity index is 440. The molecule has 2 rings (SSSR count). The SMILES string of the molecule is O=CCC1=C2C=CC=CC=C2C=CC=C1. The van der Waals surface area contributed by atoms with Crippen LogP contribution in [-0.4, -0.2) is 6.29 Å². The van der Waals surface area contributed by atoms with E-state index in [1.807, 2.05) is 42.5 Å². The molecule has 0 bridgehead atoms. The summed E-state index contributed by atoms with van der Waals surface area (Å²) in [5.74, 6) is 0. The van der Waals surface area contributed by atoms with Crippen molar-refractivity contribution in [3.63, 3.8) is 0 Å². The monoisotopic (exact) mass is 196 g/mol. The summed E-state index contributed by atoms with van der Waals surface area (Å²) in [4.78, 5) is 10.6. The average Bonchev–Trinajstić information content (AvgIpc) is 2.55. The average molecular weight is 196 g/mol. The largest absolute Gasteiger partial charge is 0.303 e. The number of hydrogen-bond donors (Lipinski definition) is 0. The molecule has 2 aliphatic carbocycles. The molecule has 1 heteroatoms. The summed E-state index contributed by atoms with van der Waals surface area (Å²) < 4.78 is 0. The van der Waals surface area contributed by atoms with E-state index in [0.29, 0.717) is 6.42 Å². The van der Waals surface area contributed by atoms with Gasteiger partial charge in [-0.15, -0.1) is 0 Å². The minimum Gasteiger partial charge on any atom is -0.303 e. The van der Waals surface area contributed by atoms with E-state index in [1.54, 1.807) is 0 Å². The van der Waals surface area contributed by atoms with Gasteiger partial charge in [-0.2, -0.15) is 0 Å². The molecule has 0 fully saturated rings. The lowest BCUT2D eigenvalue weighted by Crippen LogP contribution is -1.90. The van der Waals surface area contributed by atoms with E-state index in [1.165, 1.54) is 0 Å². The van der Waals surface area contributed by atoms with Gasteiger partial charge in [-0.3, -0.25) is 0 Å². The fourth-order valence-electron chi connectivity index (χ4n) is 1.69. The number of carbonyl (C=O) groups excluding carboxylic acids is 1. The molecular weight excluding hydrogens is 184 g/mol. The van der Waals surface area contributed by atoms with Crippen molar-refractivity contribution in [3.8, 4) is 0 Å². The van der Waals surface area contributed by atoms with Gasteiger partial charge in [0.25, 0.3) is 0 Å². The summed E-state index contributed by atoms with van der Waals surface area (Å²) >= 11 is 0. The van der Waals surface area contributed by atoms with Crippen LogP contribution in [0.2, 0.25) is 0 Å². The second-order valence-corrected chi connectivity index (χ2v) is 3.39. The molecule has 0 saturated carbocycles. The third-order valence-corrected chi connectivity index (χ3v) is 2.41. The summed E-state index contributed by atoms with van der Waals surface area (Å²) in [6, 6.07) is 0. The molecule has 0 aromatic heterocycles. The molecule has 15 heavy (non-hydrogen) atoms. The maximum atomic E-state index is 10.6. The van der Waals surface area contributed by atoms with Crippen LogP contribution in [0.1, 0.15) is 6.42 Å². The van der Waals surface area contributed by atoms with Crippen LogP contribution in [0.25, 0.3) is 0 Å². The number of carbonyl (C=O) groups is 1. The molecule has 0 heterocycles. The minimum atomic E-state index is 0.467. The number of allylic oxidation sites excluding steroid dienone is 12. The van der Waals surface area contributed by atoms with Gasteiger partial charge >= 0.3 is 0 Å². The molecule has 0 saturated heterocycles. The van der Waals surface area contributed by atoms with E-state index < -0.39 is 0 Å². The lowest BCUT2D eigenvalue weighted by molar-refractivity contribution is -0.107. The Hall–Kier alpha value is -1.89. The van der Waals surface area contributed by atoms with Crippen LogP contribution in [0.3, 0.4) is 0 Å². The Morgan fingerprint density at radius 2 is 1.73 bits per heavy atom. The number of rotatable bonds is 2. The van der Waals surface area contributed by atoms with E-state index in [9.17, 15) is 4.79 Å². The topological polar surface area (TPSA) is 17.1 Å². The van der Waals surface area contributed by atoms with Crippen LogP contribution in [0.5, 0.6) is 0 Å². The van der Waals surface area contributed by atoms with Gasteiger partial charge in [-0.05, 0) is 16.7 Å². The Balaban J connectivity index is 2.52. The summed E-state index contributed by atoms with van der Waals surface area (Å²) in [5, 5.41) is 0. The van der Waals surface area contributed by atoms with Crippen LogP contribution in [0, 0.1) is 0 Å². The lowest BCUT2D eigenvalue weighted by Gasteiger charge is -2.05. The normalized spacial score (nSPS) is 18.3. The van der Waals surface area contributed by atoms with Crippen molar-refractivity contribution in [2.45, 2.75) is 6.42 Å². The van der Waals surface area contributed by atoms with Crippen molar-refractivity contribution in [2.75, 3.05) is 0 Å². The first kappa shape index (κ1) is 9.66.